The smallest absolute Gasteiger partial charge is 0.358 e. The number of nitrogens with zero attached hydrogens (tertiary/aromatic N) is 2. The van der Waals surface area contributed by atoms with Crippen molar-refractivity contribution in [2.75, 3.05) is 6.54 Å². The Balaban J connectivity index is 1.19. The van der Waals surface area contributed by atoms with Crippen LogP contribution in [0.15, 0.2) is 59.4 Å². The number of hydroxylamine groups is 2. The molecule has 0 saturated heterocycles. The second-order valence-corrected chi connectivity index (χ2v) is 10.0. The topological polar surface area (TPSA) is 95.5 Å². The predicted octanol–water partition coefficient (Wildman–Crippen LogP) is 3.67. The molecule has 2 aliphatic carbocycles. The quantitative estimate of drug-likeness (QED) is 0.570. The third-order valence-electron chi connectivity index (χ3n) is 7.50. The maximum atomic E-state index is 13.1. The summed E-state index contributed by atoms with van der Waals surface area (Å²) >= 11 is 0. The average molecular weight is 472 g/mol. The molecule has 3 aliphatic rings. The zero-order chi connectivity index (χ0) is 24.0. The van der Waals surface area contributed by atoms with Crippen molar-refractivity contribution >= 4 is 5.97 Å². The standard InChI is InChI=1S/C28H29N3O4/c32-24(20-7-4-6-19(16-20)18-11-12-18)26(34)35-31-15-5-10-23-22(17-31)25(33)30-27(29-23)28(13-14-28)21-8-2-1-3-9-21/h1-4,6-9,16,18,24,32H,5,10-15,17H2,(H,29,30,33). The minimum absolute atomic E-state index is 0.150. The fourth-order valence-corrected chi connectivity index (χ4v) is 5.15. The molecular weight excluding hydrogens is 442 g/mol. The van der Waals surface area contributed by atoms with Gasteiger partial charge in [0.2, 0.25) is 0 Å². The minimum atomic E-state index is -1.36. The first kappa shape index (κ1) is 22.2. The van der Waals surface area contributed by atoms with Crippen molar-refractivity contribution in [1.82, 2.24) is 15.0 Å². The molecule has 7 nitrogen and oxygen atoms in total. The summed E-state index contributed by atoms with van der Waals surface area (Å²) in [4.78, 5) is 39.4. The summed E-state index contributed by atoms with van der Waals surface area (Å²) < 4.78 is 0. The number of benzene rings is 2. The van der Waals surface area contributed by atoms with E-state index in [-0.39, 0.29) is 17.5 Å². The molecule has 1 aromatic heterocycles. The SMILES string of the molecule is O=C(ON1CCCc2nc(C3(c4ccccc4)CC3)[nH]c(=O)c2C1)C(O)c1cccc(C2CC2)c1. The molecule has 2 N–H and O–H groups in total. The molecule has 180 valence electrons. The number of aliphatic hydroxyl groups is 1. The van der Waals surface area contributed by atoms with E-state index in [9.17, 15) is 14.7 Å². The summed E-state index contributed by atoms with van der Waals surface area (Å²) in [6, 6.07) is 17.7. The third kappa shape index (κ3) is 4.30. The van der Waals surface area contributed by atoms with E-state index < -0.39 is 12.1 Å². The second-order valence-electron chi connectivity index (χ2n) is 10.0. The zero-order valence-electron chi connectivity index (χ0n) is 19.6. The van der Waals surface area contributed by atoms with Crippen molar-refractivity contribution < 1.29 is 14.7 Å². The summed E-state index contributed by atoms with van der Waals surface area (Å²) in [5.74, 6) is 0.522. The van der Waals surface area contributed by atoms with Crippen molar-refractivity contribution in [3.63, 3.8) is 0 Å². The summed E-state index contributed by atoms with van der Waals surface area (Å²) in [6.07, 6.45) is 4.18. The molecule has 1 unspecified atom stereocenters. The molecule has 0 bridgehead atoms. The van der Waals surface area contributed by atoms with Gasteiger partial charge in [0.1, 0.15) is 5.82 Å². The zero-order valence-corrected chi connectivity index (χ0v) is 19.6. The van der Waals surface area contributed by atoms with E-state index in [1.165, 1.54) is 10.6 Å². The van der Waals surface area contributed by atoms with E-state index >= 15 is 0 Å². The molecule has 2 fully saturated rings. The fourth-order valence-electron chi connectivity index (χ4n) is 5.15. The molecule has 1 atom stereocenters. The van der Waals surface area contributed by atoms with Crippen LogP contribution in [-0.2, 0) is 28.0 Å². The highest BCUT2D eigenvalue weighted by Gasteiger charge is 2.48. The number of fused-ring (bicyclic) bond motifs is 1. The summed E-state index contributed by atoms with van der Waals surface area (Å²) in [5.41, 5.74) is 3.74. The molecule has 1 aliphatic heterocycles. The molecule has 0 radical (unpaired) electrons. The van der Waals surface area contributed by atoms with Crippen molar-refractivity contribution in [3.8, 4) is 0 Å². The fraction of sp³-hybridized carbons (Fsp3) is 0.393. The Hall–Kier alpha value is -3.29. The number of hydrogen-bond donors (Lipinski definition) is 2. The molecule has 2 aromatic carbocycles. The lowest BCUT2D eigenvalue weighted by Gasteiger charge is -2.21. The molecule has 7 heteroatoms. The minimum Gasteiger partial charge on any atom is -0.377 e. The lowest BCUT2D eigenvalue weighted by Crippen LogP contribution is -2.32. The van der Waals surface area contributed by atoms with Gasteiger partial charge in [0, 0.05) is 6.54 Å². The Morgan fingerprint density at radius 3 is 2.69 bits per heavy atom. The van der Waals surface area contributed by atoms with Gasteiger partial charge >= 0.3 is 5.97 Å². The third-order valence-corrected chi connectivity index (χ3v) is 7.50. The number of nitrogens with one attached hydrogen (secondary N) is 1. The molecule has 35 heavy (non-hydrogen) atoms. The van der Waals surface area contributed by atoms with Gasteiger partial charge in [-0.2, -0.15) is 0 Å². The van der Waals surface area contributed by atoms with Crippen LogP contribution in [0, 0.1) is 0 Å². The molecular formula is C28H29N3O4. The van der Waals surface area contributed by atoms with Gasteiger partial charge in [-0.1, -0.05) is 54.6 Å². The van der Waals surface area contributed by atoms with Crippen LogP contribution in [0.1, 0.15) is 77.9 Å². The summed E-state index contributed by atoms with van der Waals surface area (Å²) in [6.45, 7) is 0.617. The van der Waals surface area contributed by atoms with Crippen molar-refractivity contribution in [2.24, 2.45) is 0 Å². The van der Waals surface area contributed by atoms with Gasteiger partial charge in [0.25, 0.3) is 5.56 Å². The van der Waals surface area contributed by atoms with Crippen LogP contribution in [-0.4, -0.2) is 32.7 Å². The highest BCUT2D eigenvalue weighted by molar-refractivity contribution is 5.76. The molecule has 0 spiro atoms. The molecule has 2 heterocycles. The number of aliphatic hydroxyl groups excluding tert-OH is 1. The van der Waals surface area contributed by atoms with Gasteiger partial charge in [0.15, 0.2) is 6.10 Å². The first-order chi connectivity index (χ1) is 17.0. The van der Waals surface area contributed by atoms with Crippen molar-refractivity contribution in [3.05, 3.63) is 98.7 Å². The second kappa shape index (κ2) is 8.73. The maximum Gasteiger partial charge on any atom is 0.358 e. The highest BCUT2D eigenvalue weighted by Crippen LogP contribution is 2.52. The highest BCUT2D eigenvalue weighted by atomic mass is 16.7. The van der Waals surface area contributed by atoms with Crippen LogP contribution in [0.4, 0.5) is 0 Å². The van der Waals surface area contributed by atoms with Crippen LogP contribution in [0.2, 0.25) is 0 Å². The number of H-pyrrole nitrogens is 1. The van der Waals surface area contributed by atoms with Gasteiger partial charge in [-0.3, -0.25) is 4.79 Å². The Bertz CT molecular complexity index is 1310. The average Bonchev–Trinajstić information content (AvgIpc) is 3.78. The first-order valence-corrected chi connectivity index (χ1v) is 12.5. The number of aryl methyl sites for hydroxylation is 1. The van der Waals surface area contributed by atoms with E-state index in [0.29, 0.717) is 36.4 Å². The summed E-state index contributed by atoms with van der Waals surface area (Å²) in [5, 5.41) is 12.1. The summed E-state index contributed by atoms with van der Waals surface area (Å²) in [7, 11) is 0. The van der Waals surface area contributed by atoms with Crippen LogP contribution in [0.5, 0.6) is 0 Å². The van der Waals surface area contributed by atoms with Gasteiger partial charge in [0.05, 0.1) is 23.2 Å². The maximum absolute atomic E-state index is 13.1. The number of carbonyl (C=O) groups is 1. The lowest BCUT2D eigenvalue weighted by atomic mass is 9.94. The number of hydrogen-bond acceptors (Lipinski definition) is 6. The number of rotatable bonds is 6. The van der Waals surface area contributed by atoms with Crippen LogP contribution < -0.4 is 5.56 Å². The van der Waals surface area contributed by atoms with Gasteiger partial charge in [-0.15, -0.1) is 5.06 Å². The van der Waals surface area contributed by atoms with Crippen LogP contribution >= 0.6 is 0 Å². The van der Waals surface area contributed by atoms with Crippen molar-refractivity contribution in [1.29, 1.82) is 0 Å². The number of aromatic nitrogens is 2. The monoisotopic (exact) mass is 471 g/mol. The van der Waals surface area contributed by atoms with Gasteiger partial charge in [-0.25, -0.2) is 9.78 Å². The molecule has 3 aromatic rings. The van der Waals surface area contributed by atoms with Gasteiger partial charge < -0.3 is 14.9 Å². The Kier molecular flexibility index (Phi) is 5.54. The molecule has 2 saturated carbocycles. The van der Waals surface area contributed by atoms with E-state index in [1.54, 1.807) is 6.07 Å². The largest absolute Gasteiger partial charge is 0.377 e. The van der Waals surface area contributed by atoms with Crippen LogP contribution in [0.25, 0.3) is 0 Å². The van der Waals surface area contributed by atoms with E-state index in [2.05, 4.69) is 17.1 Å². The first-order valence-electron chi connectivity index (χ1n) is 12.5. The predicted molar refractivity (Wildman–Crippen MR) is 130 cm³/mol. The lowest BCUT2D eigenvalue weighted by molar-refractivity contribution is -0.203. The van der Waals surface area contributed by atoms with Crippen molar-refractivity contribution in [2.45, 2.75) is 62.5 Å². The van der Waals surface area contributed by atoms with E-state index in [4.69, 9.17) is 9.82 Å². The Labute approximate surface area is 203 Å². The van der Waals surface area contributed by atoms with E-state index in [0.717, 1.165) is 42.8 Å². The Morgan fingerprint density at radius 1 is 1.14 bits per heavy atom. The molecule has 0 amide bonds. The van der Waals surface area contributed by atoms with E-state index in [1.807, 2.05) is 36.4 Å². The normalized spacial score (nSPS) is 19.9. The van der Waals surface area contributed by atoms with Gasteiger partial charge in [-0.05, 0) is 61.1 Å². The van der Waals surface area contributed by atoms with Crippen LogP contribution in [0.3, 0.4) is 0 Å². The molecule has 6 rings (SSSR count). The Morgan fingerprint density at radius 2 is 1.94 bits per heavy atom. The number of carbonyl (C=O) groups excluding carboxylic acids is 1. The number of aromatic amines is 1.